The number of amides is 1. The van der Waals surface area contributed by atoms with E-state index >= 15 is 0 Å². The third kappa shape index (κ3) is 4.10. The molecule has 3 aromatic rings. The van der Waals surface area contributed by atoms with Gasteiger partial charge in [0.2, 0.25) is 5.91 Å². The largest absolute Gasteiger partial charge is 0.308 e. The van der Waals surface area contributed by atoms with Crippen molar-refractivity contribution in [2.75, 3.05) is 4.90 Å². The van der Waals surface area contributed by atoms with Gasteiger partial charge >= 0.3 is 0 Å². The number of hydrogen-bond acceptors (Lipinski definition) is 2. The van der Waals surface area contributed by atoms with Crippen molar-refractivity contribution in [2.24, 2.45) is 7.05 Å². The molecule has 0 radical (unpaired) electrons. The van der Waals surface area contributed by atoms with E-state index in [9.17, 15) is 4.79 Å². The van der Waals surface area contributed by atoms with Crippen molar-refractivity contribution in [1.29, 1.82) is 0 Å². The Bertz CT molecular complexity index is 781. The maximum Gasteiger partial charge on any atom is 0.227 e. The fraction of sp³-hybridized carbons (Fsp3) is 0.200. The predicted molar refractivity (Wildman–Crippen MR) is 95.6 cm³/mol. The monoisotopic (exact) mass is 319 g/mol. The van der Waals surface area contributed by atoms with Gasteiger partial charge in [0.1, 0.15) is 0 Å². The van der Waals surface area contributed by atoms with Gasteiger partial charge in [-0.3, -0.25) is 9.48 Å². The number of hydrogen-bond donors (Lipinski definition) is 0. The molecule has 0 aliphatic carbocycles. The van der Waals surface area contributed by atoms with Crippen molar-refractivity contribution in [3.8, 4) is 0 Å². The van der Waals surface area contributed by atoms with E-state index in [1.54, 1.807) is 4.68 Å². The van der Waals surface area contributed by atoms with Crippen molar-refractivity contribution in [3.63, 3.8) is 0 Å². The molecular weight excluding hydrogens is 298 g/mol. The topological polar surface area (TPSA) is 38.1 Å². The molecule has 0 atom stereocenters. The molecule has 0 saturated heterocycles. The summed E-state index contributed by atoms with van der Waals surface area (Å²) in [7, 11) is 1.89. The van der Waals surface area contributed by atoms with E-state index in [1.807, 2.05) is 85.0 Å². The van der Waals surface area contributed by atoms with Crippen LogP contribution < -0.4 is 4.90 Å². The van der Waals surface area contributed by atoms with Gasteiger partial charge in [0.25, 0.3) is 0 Å². The second-order valence-electron chi connectivity index (χ2n) is 5.82. The highest BCUT2D eigenvalue weighted by Crippen LogP contribution is 2.18. The molecule has 0 fully saturated rings. The second kappa shape index (κ2) is 7.59. The van der Waals surface area contributed by atoms with Crippen LogP contribution in [-0.2, 0) is 24.8 Å². The highest BCUT2D eigenvalue weighted by atomic mass is 16.2. The number of carbonyl (C=O) groups is 1. The Morgan fingerprint density at radius 3 is 2.29 bits per heavy atom. The molecule has 0 aliphatic heterocycles. The molecule has 2 aromatic carbocycles. The van der Waals surface area contributed by atoms with Crippen LogP contribution >= 0.6 is 0 Å². The van der Waals surface area contributed by atoms with Crippen LogP contribution in [0, 0.1) is 0 Å². The maximum absolute atomic E-state index is 12.8. The van der Waals surface area contributed by atoms with Gasteiger partial charge in [-0.2, -0.15) is 5.10 Å². The number of nitrogens with zero attached hydrogens (tertiary/aromatic N) is 3. The lowest BCUT2D eigenvalue weighted by Gasteiger charge is -2.23. The molecule has 3 rings (SSSR count). The summed E-state index contributed by atoms with van der Waals surface area (Å²) in [5.74, 6) is 0.119. The summed E-state index contributed by atoms with van der Waals surface area (Å²) in [6.45, 7) is 0.580. The summed E-state index contributed by atoms with van der Waals surface area (Å²) in [6.07, 6.45) is 4.94. The van der Waals surface area contributed by atoms with Gasteiger partial charge in [0.15, 0.2) is 0 Å². The Hall–Kier alpha value is -2.88. The SMILES string of the molecule is Cn1cc(CCC(=O)N(Cc2ccccc2)c2ccccc2)cn1. The molecule has 1 amide bonds. The zero-order valence-electron chi connectivity index (χ0n) is 13.8. The average molecular weight is 319 g/mol. The maximum atomic E-state index is 12.8. The van der Waals surface area contributed by atoms with Crippen LogP contribution in [0.15, 0.2) is 73.1 Å². The van der Waals surface area contributed by atoms with Crippen LogP contribution in [0.1, 0.15) is 17.5 Å². The van der Waals surface area contributed by atoms with Crippen molar-refractivity contribution in [1.82, 2.24) is 9.78 Å². The van der Waals surface area contributed by atoms with Crippen LogP contribution in [-0.4, -0.2) is 15.7 Å². The van der Waals surface area contributed by atoms with Crippen molar-refractivity contribution in [3.05, 3.63) is 84.2 Å². The molecule has 1 aromatic heterocycles. The Kier molecular flexibility index (Phi) is 5.06. The van der Waals surface area contributed by atoms with Crippen LogP contribution in [0.5, 0.6) is 0 Å². The van der Waals surface area contributed by atoms with Crippen LogP contribution in [0.25, 0.3) is 0 Å². The van der Waals surface area contributed by atoms with Gasteiger partial charge < -0.3 is 4.90 Å². The summed E-state index contributed by atoms with van der Waals surface area (Å²) in [5.41, 5.74) is 3.13. The molecule has 0 unspecified atom stereocenters. The van der Waals surface area contributed by atoms with E-state index in [-0.39, 0.29) is 5.91 Å². The van der Waals surface area contributed by atoms with Crippen molar-refractivity contribution < 1.29 is 4.79 Å². The minimum atomic E-state index is 0.119. The Balaban J connectivity index is 1.74. The van der Waals surface area contributed by atoms with Crippen LogP contribution in [0.4, 0.5) is 5.69 Å². The lowest BCUT2D eigenvalue weighted by atomic mass is 10.1. The Morgan fingerprint density at radius 1 is 1.00 bits per heavy atom. The van der Waals surface area contributed by atoms with Gasteiger partial charge in [-0.05, 0) is 29.7 Å². The first-order chi connectivity index (χ1) is 11.7. The highest BCUT2D eigenvalue weighted by Gasteiger charge is 2.16. The first kappa shape index (κ1) is 16.0. The smallest absolute Gasteiger partial charge is 0.227 e. The lowest BCUT2D eigenvalue weighted by Crippen LogP contribution is -2.30. The normalized spacial score (nSPS) is 10.5. The number of para-hydroxylation sites is 1. The molecule has 4 heteroatoms. The molecule has 0 N–H and O–H groups in total. The third-order valence-electron chi connectivity index (χ3n) is 3.94. The first-order valence-electron chi connectivity index (χ1n) is 8.09. The molecule has 0 bridgehead atoms. The van der Waals surface area contributed by atoms with E-state index in [4.69, 9.17) is 0 Å². The number of anilines is 1. The molecular formula is C20H21N3O. The van der Waals surface area contributed by atoms with Crippen molar-refractivity contribution >= 4 is 11.6 Å². The van der Waals surface area contributed by atoms with E-state index in [0.717, 1.165) is 16.8 Å². The van der Waals surface area contributed by atoms with E-state index in [2.05, 4.69) is 5.10 Å². The summed E-state index contributed by atoms with van der Waals surface area (Å²) in [6, 6.07) is 19.9. The fourth-order valence-corrected chi connectivity index (χ4v) is 2.68. The Morgan fingerprint density at radius 2 is 1.67 bits per heavy atom. The molecule has 24 heavy (non-hydrogen) atoms. The third-order valence-corrected chi connectivity index (χ3v) is 3.94. The van der Waals surface area contributed by atoms with Gasteiger partial charge in [-0.1, -0.05) is 48.5 Å². The summed E-state index contributed by atoms with van der Waals surface area (Å²) in [5, 5.41) is 4.16. The molecule has 1 heterocycles. The molecule has 122 valence electrons. The number of aromatic nitrogens is 2. The number of benzene rings is 2. The minimum absolute atomic E-state index is 0.119. The van der Waals surface area contributed by atoms with Gasteiger partial charge in [0, 0.05) is 25.4 Å². The quantitative estimate of drug-likeness (QED) is 0.696. The van der Waals surface area contributed by atoms with Crippen LogP contribution in [0.3, 0.4) is 0 Å². The summed E-state index contributed by atoms with van der Waals surface area (Å²) < 4.78 is 1.76. The summed E-state index contributed by atoms with van der Waals surface area (Å²) >= 11 is 0. The van der Waals surface area contributed by atoms with Gasteiger partial charge in [0.05, 0.1) is 12.7 Å². The Labute approximate surface area is 142 Å². The molecule has 0 spiro atoms. The standard InChI is InChI=1S/C20H21N3O/c1-22-15-18(14-21-22)12-13-20(24)23(19-10-6-3-7-11-19)16-17-8-4-2-5-9-17/h2-11,14-15H,12-13,16H2,1H3. The molecule has 0 aliphatic rings. The first-order valence-corrected chi connectivity index (χ1v) is 8.09. The fourth-order valence-electron chi connectivity index (χ4n) is 2.68. The number of rotatable bonds is 6. The molecule has 4 nitrogen and oxygen atoms in total. The zero-order chi connectivity index (χ0) is 16.8. The lowest BCUT2D eigenvalue weighted by molar-refractivity contribution is -0.118. The van der Waals surface area contributed by atoms with E-state index in [1.165, 1.54) is 0 Å². The minimum Gasteiger partial charge on any atom is -0.308 e. The zero-order valence-corrected chi connectivity index (χ0v) is 13.8. The number of aryl methyl sites for hydroxylation is 2. The second-order valence-corrected chi connectivity index (χ2v) is 5.82. The van der Waals surface area contributed by atoms with E-state index < -0.39 is 0 Å². The molecule has 0 saturated carbocycles. The predicted octanol–water partition coefficient (Wildman–Crippen LogP) is 3.59. The average Bonchev–Trinajstić information content (AvgIpc) is 3.04. The summed E-state index contributed by atoms with van der Waals surface area (Å²) in [4.78, 5) is 14.7. The van der Waals surface area contributed by atoms with E-state index in [0.29, 0.717) is 19.4 Å². The highest BCUT2D eigenvalue weighted by molar-refractivity contribution is 5.93. The van der Waals surface area contributed by atoms with Gasteiger partial charge in [-0.15, -0.1) is 0 Å². The van der Waals surface area contributed by atoms with Gasteiger partial charge in [-0.25, -0.2) is 0 Å². The van der Waals surface area contributed by atoms with Crippen LogP contribution in [0.2, 0.25) is 0 Å². The van der Waals surface area contributed by atoms with Crippen molar-refractivity contribution in [2.45, 2.75) is 19.4 Å². The number of carbonyl (C=O) groups excluding carboxylic acids is 1.